The van der Waals surface area contributed by atoms with E-state index in [1.165, 1.54) is 29.5 Å². The van der Waals surface area contributed by atoms with E-state index in [1.807, 2.05) is 17.5 Å². The number of benzene rings is 1. The van der Waals surface area contributed by atoms with Crippen molar-refractivity contribution in [3.63, 3.8) is 0 Å². The van der Waals surface area contributed by atoms with E-state index in [4.69, 9.17) is 0 Å². The highest BCUT2D eigenvalue weighted by Crippen LogP contribution is 2.20. The molecular weight excluding hydrogens is 408 g/mol. The van der Waals surface area contributed by atoms with Gasteiger partial charge in [-0.2, -0.15) is 0 Å². The Morgan fingerprint density at radius 3 is 2.55 bits per heavy atom. The summed E-state index contributed by atoms with van der Waals surface area (Å²) in [6.45, 7) is 2.38. The number of hydrogen-bond acceptors (Lipinski definition) is 6. The van der Waals surface area contributed by atoms with Gasteiger partial charge in [-0.3, -0.25) is 9.78 Å². The quantitative estimate of drug-likeness (QED) is 0.537. The van der Waals surface area contributed by atoms with Gasteiger partial charge in [0.15, 0.2) is 0 Å². The molecule has 0 saturated carbocycles. The molecule has 0 bridgehead atoms. The molecule has 29 heavy (non-hydrogen) atoms. The summed E-state index contributed by atoms with van der Waals surface area (Å²) in [7, 11) is -3.48. The predicted molar refractivity (Wildman–Crippen MR) is 114 cm³/mol. The van der Waals surface area contributed by atoms with Gasteiger partial charge in [-0.05, 0) is 35.9 Å². The Balaban J connectivity index is 1.54. The van der Waals surface area contributed by atoms with Gasteiger partial charge in [0.1, 0.15) is 5.01 Å². The fourth-order valence-corrected chi connectivity index (χ4v) is 4.26. The number of sulfonamides is 1. The Morgan fingerprint density at radius 2 is 1.86 bits per heavy atom. The number of carbonyl (C=O) groups is 1. The van der Waals surface area contributed by atoms with Crippen LogP contribution in [0.15, 0.2) is 65.1 Å². The summed E-state index contributed by atoms with van der Waals surface area (Å²) in [5, 5.41) is 5.53. The average Bonchev–Trinajstić information content (AvgIpc) is 3.21. The van der Waals surface area contributed by atoms with E-state index >= 15 is 0 Å². The minimum Gasteiger partial charge on any atom is -0.346 e. The van der Waals surface area contributed by atoms with Gasteiger partial charge < -0.3 is 5.32 Å². The van der Waals surface area contributed by atoms with Crippen LogP contribution in [0.4, 0.5) is 0 Å². The van der Waals surface area contributed by atoms with Crippen molar-refractivity contribution in [1.29, 1.82) is 0 Å². The molecule has 3 aromatic rings. The molecule has 0 spiro atoms. The van der Waals surface area contributed by atoms with E-state index in [1.54, 1.807) is 37.5 Å². The minimum atomic E-state index is -3.48. The van der Waals surface area contributed by atoms with Crippen LogP contribution in [-0.4, -0.2) is 30.8 Å². The first-order chi connectivity index (χ1) is 14.0. The molecule has 2 aromatic heterocycles. The highest BCUT2D eigenvalue weighted by atomic mass is 32.2. The predicted octanol–water partition coefficient (Wildman–Crippen LogP) is 2.83. The molecule has 9 heteroatoms. The lowest BCUT2D eigenvalue weighted by atomic mass is 10.2. The Labute approximate surface area is 173 Å². The molecule has 0 radical (unpaired) electrons. The number of pyridine rings is 1. The molecular formula is C20H20N4O3S2. The summed E-state index contributed by atoms with van der Waals surface area (Å²) in [5.74, 6) is -0.255. The Morgan fingerprint density at radius 1 is 1.14 bits per heavy atom. The number of amides is 1. The van der Waals surface area contributed by atoms with Gasteiger partial charge in [-0.15, -0.1) is 11.3 Å². The van der Waals surface area contributed by atoms with Gasteiger partial charge >= 0.3 is 0 Å². The van der Waals surface area contributed by atoms with Gasteiger partial charge in [-0.25, -0.2) is 18.1 Å². The maximum atomic E-state index is 12.0. The maximum absolute atomic E-state index is 12.0. The van der Waals surface area contributed by atoms with Crippen LogP contribution in [0.25, 0.3) is 17.3 Å². The van der Waals surface area contributed by atoms with Crippen LogP contribution >= 0.6 is 11.3 Å². The average molecular weight is 429 g/mol. The van der Waals surface area contributed by atoms with Crippen LogP contribution in [0, 0.1) is 0 Å². The van der Waals surface area contributed by atoms with Crippen LogP contribution < -0.4 is 10.0 Å². The molecule has 7 nitrogen and oxygen atoms in total. The second-order valence-corrected chi connectivity index (χ2v) is 8.69. The van der Waals surface area contributed by atoms with Crippen molar-refractivity contribution in [2.75, 3.05) is 6.54 Å². The third-order valence-electron chi connectivity index (χ3n) is 3.89. The number of carbonyl (C=O) groups excluding carboxylic acids is 1. The SMILES string of the molecule is CCNS(=O)(=O)c1ccc(/C=C/C(=O)NCc2nc(-c3ccncc3)cs2)cc1. The van der Waals surface area contributed by atoms with Crippen LogP contribution in [-0.2, 0) is 21.4 Å². The number of rotatable bonds is 8. The molecule has 2 N–H and O–H groups in total. The van der Waals surface area contributed by atoms with E-state index < -0.39 is 10.0 Å². The van der Waals surface area contributed by atoms with Gasteiger partial charge in [0.25, 0.3) is 0 Å². The van der Waals surface area contributed by atoms with Crippen LogP contribution in [0.2, 0.25) is 0 Å². The molecule has 0 aliphatic rings. The Bertz CT molecular complexity index is 1090. The zero-order chi connectivity index (χ0) is 20.7. The molecule has 1 amide bonds. The Hall–Kier alpha value is -2.88. The molecule has 2 heterocycles. The Kier molecular flexibility index (Phi) is 6.86. The lowest BCUT2D eigenvalue weighted by molar-refractivity contribution is -0.116. The third kappa shape index (κ3) is 5.80. The van der Waals surface area contributed by atoms with Crippen molar-refractivity contribution >= 4 is 33.3 Å². The summed E-state index contributed by atoms with van der Waals surface area (Å²) in [5.41, 5.74) is 2.56. The first-order valence-corrected chi connectivity index (χ1v) is 11.2. The van der Waals surface area contributed by atoms with E-state index in [0.717, 1.165) is 21.8 Å². The van der Waals surface area contributed by atoms with Gasteiger partial charge in [0.2, 0.25) is 15.9 Å². The number of aromatic nitrogens is 2. The lowest BCUT2D eigenvalue weighted by Gasteiger charge is -2.04. The van der Waals surface area contributed by atoms with Crippen molar-refractivity contribution < 1.29 is 13.2 Å². The first-order valence-electron chi connectivity index (χ1n) is 8.88. The summed E-state index contributed by atoms with van der Waals surface area (Å²) in [4.78, 5) is 20.7. The fourth-order valence-electron chi connectivity index (χ4n) is 2.47. The summed E-state index contributed by atoms with van der Waals surface area (Å²) < 4.78 is 26.3. The second-order valence-electron chi connectivity index (χ2n) is 5.98. The molecule has 1 aromatic carbocycles. The van der Waals surface area contributed by atoms with E-state index in [-0.39, 0.29) is 10.8 Å². The largest absolute Gasteiger partial charge is 0.346 e. The molecule has 0 aliphatic carbocycles. The summed E-state index contributed by atoms with van der Waals surface area (Å²) in [6, 6.07) is 10.1. The third-order valence-corrected chi connectivity index (χ3v) is 6.30. The van der Waals surface area contributed by atoms with Crippen LogP contribution in [0.3, 0.4) is 0 Å². The molecule has 0 fully saturated rings. The van der Waals surface area contributed by atoms with E-state index in [9.17, 15) is 13.2 Å². The lowest BCUT2D eigenvalue weighted by Crippen LogP contribution is -2.23. The van der Waals surface area contributed by atoms with Crippen molar-refractivity contribution in [3.05, 3.63) is 70.8 Å². The zero-order valence-corrected chi connectivity index (χ0v) is 17.3. The highest BCUT2D eigenvalue weighted by molar-refractivity contribution is 7.89. The van der Waals surface area contributed by atoms with Gasteiger partial charge in [-0.1, -0.05) is 19.1 Å². The molecule has 3 rings (SSSR count). The van der Waals surface area contributed by atoms with Gasteiger partial charge in [0.05, 0.1) is 17.1 Å². The van der Waals surface area contributed by atoms with E-state index in [0.29, 0.717) is 13.1 Å². The van der Waals surface area contributed by atoms with Crippen molar-refractivity contribution in [1.82, 2.24) is 20.0 Å². The van der Waals surface area contributed by atoms with Gasteiger partial charge in [0, 0.05) is 36.0 Å². The summed E-state index contributed by atoms with van der Waals surface area (Å²) >= 11 is 1.48. The number of hydrogen-bond donors (Lipinski definition) is 2. The molecule has 0 aliphatic heterocycles. The first kappa shape index (κ1) is 20.8. The zero-order valence-electron chi connectivity index (χ0n) is 15.7. The second kappa shape index (κ2) is 9.55. The standard InChI is InChI=1S/C20H20N4O3S2/c1-2-23-29(26,27)17-6-3-15(4-7-17)5-8-19(25)22-13-20-24-18(14-28-20)16-9-11-21-12-10-16/h3-12,14,23H,2,13H2,1H3,(H,22,25)/b8-5+. The van der Waals surface area contributed by atoms with Crippen molar-refractivity contribution in [2.24, 2.45) is 0 Å². The normalized spacial score (nSPS) is 11.6. The van der Waals surface area contributed by atoms with E-state index in [2.05, 4.69) is 20.0 Å². The number of nitrogens with zero attached hydrogens (tertiary/aromatic N) is 2. The smallest absolute Gasteiger partial charge is 0.244 e. The molecule has 0 saturated heterocycles. The fraction of sp³-hybridized carbons (Fsp3) is 0.150. The van der Waals surface area contributed by atoms with Crippen molar-refractivity contribution in [2.45, 2.75) is 18.4 Å². The number of nitrogens with one attached hydrogen (secondary N) is 2. The monoisotopic (exact) mass is 428 g/mol. The highest BCUT2D eigenvalue weighted by Gasteiger charge is 2.11. The molecule has 150 valence electrons. The maximum Gasteiger partial charge on any atom is 0.244 e. The van der Waals surface area contributed by atoms with Crippen LogP contribution in [0.5, 0.6) is 0 Å². The molecule has 0 atom stereocenters. The van der Waals surface area contributed by atoms with Crippen LogP contribution in [0.1, 0.15) is 17.5 Å². The summed E-state index contributed by atoms with van der Waals surface area (Å²) in [6.07, 6.45) is 6.46. The number of thiazole rings is 1. The van der Waals surface area contributed by atoms with Crippen molar-refractivity contribution in [3.8, 4) is 11.3 Å². The molecule has 0 unspecified atom stereocenters. The topological polar surface area (TPSA) is 101 Å². The minimum absolute atomic E-state index is 0.190.